The third-order valence-corrected chi connectivity index (χ3v) is 6.18. The number of carbonyl (C=O) groups excluding carboxylic acids is 2. The molecule has 1 aromatic carbocycles. The molecule has 0 fully saturated rings. The first-order chi connectivity index (χ1) is 15.7. The van der Waals surface area contributed by atoms with Crippen LogP contribution in [0.25, 0.3) is 0 Å². The van der Waals surface area contributed by atoms with Crippen LogP contribution in [0.2, 0.25) is 0 Å². The average molecular weight is 450 g/mol. The number of hydrogen-bond acceptors (Lipinski definition) is 5. The number of fused-ring (bicyclic) bond motifs is 3. The summed E-state index contributed by atoms with van der Waals surface area (Å²) in [5.74, 6) is 0.789. The standard InChI is InChI=1S/C25H31N5O3/c1-7-28(8-2)17-13-19-20(26-14-17)22-27-23(31)21(25(3,4)5)30(22)24(32)29(19)15-16-9-11-18(33-6)12-10-16/h9-14,21H,7-8,15H2,1-6H3. The molecule has 0 radical (unpaired) electrons. The first kappa shape index (κ1) is 22.8. The number of pyridine rings is 1. The van der Waals surface area contributed by atoms with Gasteiger partial charge in [-0.2, -0.15) is 4.99 Å². The van der Waals surface area contributed by atoms with Gasteiger partial charge in [-0.15, -0.1) is 0 Å². The maximum atomic E-state index is 13.9. The van der Waals surface area contributed by atoms with Crippen molar-refractivity contribution < 1.29 is 14.3 Å². The van der Waals surface area contributed by atoms with Gasteiger partial charge in [0, 0.05) is 13.1 Å². The molecule has 2 aromatic rings. The van der Waals surface area contributed by atoms with Crippen molar-refractivity contribution >= 4 is 29.1 Å². The Hall–Kier alpha value is -3.42. The van der Waals surface area contributed by atoms with E-state index in [0.29, 0.717) is 23.8 Å². The fourth-order valence-electron chi connectivity index (χ4n) is 4.46. The van der Waals surface area contributed by atoms with E-state index in [1.165, 1.54) is 4.90 Å². The van der Waals surface area contributed by atoms with E-state index >= 15 is 0 Å². The van der Waals surface area contributed by atoms with Crippen LogP contribution in [-0.2, 0) is 11.3 Å². The molecule has 0 saturated heterocycles. The number of anilines is 2. The molecule has 3 heterocycles. The minimum absolute atomic E-state index is 0.263. The van der Waals surface area contributed by atoms with Gasteiger partial charge in [0.1, 0.15) is 17.5 Å². The second-order valence-corrected chi connectivity index (χ2v) is 9.36. The van der Waals surface area contributed by atoms with Gasteiger partial charge in [0.15, 0.2) is 5.84 Å². The monoisotopic (exact) mass is 449 g/mol. The number of aliphatic imine (C=N–C) groups is 1. The average Bonchev–Trinajstić information content (AvgIpc) is 3.15. The molecule has 0 aliphatic carbocycles. The summed E-state index contributed by atoms with van der Waals surface area (Å²) in [7, 11) is 1.62. The Balaban J connectivity index is 1.83. The summed E-state index contributed by atoms with van der Waals surface area (Å²) in [6.07, 6.45) is 1.79. The van der Waals surface area contributed by atoms with Crippen molar-refractivity contribution in [3.63, 3.8) is 0 Å². The molecule has 1 unspecified atom stereocenters. The van der Waals surface area contributed by atoms with Gasteiger partial charge in [0.05, 0.1) is 31.2 Å². The van der Waals surface area contributed by atoms with Crippen LogP contribution >= 0.6 is 0 Å². The number of amidine groups is 1. The van der Waals surface area contributed by atoms with Crippen molar-refractivity contribution in [3.8, 4) is 5.75 Å². The molecule has 0 saturated carbocycles. The fourth-order valence-corrected chi connectivity index (χ4v) is 4.46. The zero-order valence-electron chi connectivity index (χ0n) is 20.1. The lowest BCUT2D eigenvalue weighted by Gasteiger charge is -2.40. The molecule has 2 aliphatic heterocycles. The second-order valence-electron chi connectivity index (χ2n) is 9.36. The molecular weight excluding hydrogens is 418 g/mol. The first-order valence-corrected chi connectivity index (χ1v) is 11.3. The number of carbonyl (C=O) groups is 2. The third-order valence-electron chi connectivity index (χ3n) is 6.18. The molecule has 0 spiro atoms. The molecule has 3 amide bonds. The van der Waals surface area contributed by atoms with Gasteiger partial charge in [-0.05, 0) is 43.0 Å². The van der Waals surface area contributed by atoms with Gasteiger partial charge in [-0.1, -0.05) is 32.9 Å². The quantitative estimate of drug-likeness (QED) is 0.664. The van der Waals surface area contributed by atoms with E-state index in [-0.39, 0.29) is 11.9 Å². The number of ether oxygens (including phenoxy) is 1. The van der Waals surface area contributed by atoms with Crippen LogP contribution in [0, 0.1) is 5.41 Å². The first-order valence-electron chi connectivity index (χ1n) is 11.3. The van der Waals surface area contributed by atoms with Gasteiger partial charge in [-0.25, -0.2) is 9.78 Å². The molecule has 1 atom stereocenters. The molecule has 8 heteroatoms. The highest BCUT2D eigenvalue weighted by molar-refractivity contribution is 6.25. The Morgan fingerprint density at radius 2 is 1.76 bits per heavy atom. The molecule has 0 N–H and O–H groups in total. The van der Waals surface area contributed by atoms with E-state index < -0.39 is 11.5 Å². The zero-order chi connectivity index (χ0) is 23.9. The van der Waals surface area contributed by atoms with Gasteiger partial charge < -0.3 is 9.64 Å². The molecule has 4 rings (SSSR count). The smallest absolute Gasteiger partial charge is 0.331 e. The van der Waals surface area contributed by atoms with Crippen LogP contribution in [0.15, 0.2) is 41.5 Å². The molecule has 1 aromatic heterocycles. The van der Waals surface area contributed by atoms with Crippen LogP contribution in [0.3, 0.4) is 0 Å². The van der Waals surface area contributed by atoms with Crippen LogP contribution in [-0.4, -0.2) is 53.9 Å². The number of rotatable bonds is 6. The predicted octanol–water partition coefficient (Wildman–Crippen LogP) is 4.08. The normalized spacial score (nSPS) is 17.6. The molecule has 2 aliphatic rings. The molecular formula is C25H31N5O3. The SMILES string of the molecule is CCN(CC)c1cnc2c(c1)N(Cc1ccc(OC)cc1)C(=O)N1C2=NC(=O)C1C(C)(C)C. The number of nitrogens with zero attached hydrogens (tertiary/aromatic N) is 5. The highest BCUT2D eigenvalue weighted by Gasteiger charge is 2.51. The van der Waals surface area contributed by atoms with Crippen molar-refractivity contribution in [1.82, 2.24) is 9.88 Å². The van der Waals surface area contributed by atoms with Crippen molar-refractivity contribution in [1.29, 1.82) is 0 Å². The van der Waals surface area contributed by atoms with Crippen LogP contribution in [0.5, 0.6) is 5.75 Å². The zero-order valence-corrected chi connectivity index (χ0v) is 20.1. The highest BCUT2D eigenvalue weighted by Crippen LogP contribution is 2.39. The van der Waals surface area contributed by atoms with Crippen LogP contribution < -0.4 is 14.5 Å². The lowest BCUT2D eigenvalue weighted by molar-refractivity contribution is -0.122. The number of aromatic nitrogens is 1. The minimum Gasteiger partial charge on any atom is -0.497 e. The lowest BCUT2D eigenvalue weighted by atomic mass is 9.85. The molecule has 8 nitrogen and oxygen atoms in total. The molecule has 174 valence electrons. The summed E-state index contributed by atoms with van der Waals surface area (Å²) in [5.41, 5.74) is 2.62. The summed E-state index contributed by atoms with van der Waals surface area (Å²) in [6.45, 7) is 12.0. The van der Waals surface area contributed by atoms with Gasteiger partial charge >= 0.3 is 6.03 Å². The Bertz CT molecular complexity index is 1100. The topological polar surface area (TPSA) is 78.3 Å². The molecule has 0 bridgehead atoms. The Morgan fingerprint density at radius 3 is 2.33 bits per heavy atom. The van der Waals surface area contributed by atoms with Gasteiger partial charge in [0.2, 0.25) is 0 Å². The van der Waals surface area contributed by atoms with E-state index in [9.17, 15) is 9.59 Å². The number of hydrogen-bond donors (Lipinski definition) is 0. The molecule has 33 heavy (non-hydrogen) atoms. The summed E-state index contributed by atoms with van der Waals surface area (Å²) >= 11 is 0. The summed E-state index contributed by atoms with van der Waals surface area (Å²) in [5, 5.41) is 0. The van der Waals surface area contributed by atoms with E-state index in [2.05, 4.69) is 23.7 Å². The minimum atomic E-state index is -0.671. The number of urea groups is 1. The third kappa shape index (κ3) is 3.94. The summed E-state index contributed by atoms with van der Waals surface area (Å²) in [4.78, 5) is 41.2. The Kier molecular flexibility index (Phi) is 5.86. The summed E-state index contributed by atoms with van der Waals surface area (Å²) < 4.78 is 5.27. The second kappa shape index (κ2) is 8.50. The van der Waals surface area contributed by atoms with Crippen molar-refractivity contribution in [3.05, 3.63) is 47.8 Å². The van der Waals surface area contributed by atoms with Crippen molar-refractivity contribution in [2.45, 2.75) is 47.2 Å². The Morgan fingerprint density at radius 1 is 1.09 bits per heavy atom. The lowest BCUT2D eigenvalue weighted by Crippen LogP contribution is -2.57. The maximum absolute atomic E-state index is 13.9. The van der Waals surface area contributed by atoms with E-state index in [4.69, 9.17) is 9.72 Å². The largest absolute Gasteiger partial charge is 0.497 e. The van der Waals surface area contributed by atoms with E-state index in [0.717, 1.165) is 30.1 Å². The predicted molar refractivity (Wildman–Crippen MR) is 129 cm³/mol. The highest BCUT2D eigenvalue weighted by atomic mass is 16.5. The van der Waals surface area contributed by atoms with Gasteiger partial charge in [-0.3, -0.25) is 14.6 Å². The van der Waals surface area contributed by atoms with Crippen molar-refractivity contribution in [2.75, 3.05) is 30.0 Å². The fraction of sp³-hybridized carbons (Fsp3) is 0.440. The van der Waals surface area contributed by atoms with E-state index in [1.54, 1.807) is 18.2 Å². The number of benzene rings is 1. The van der Waals surface area contributed by atoms with Gasteiger partial charge in [0.25, 0.3) is 5.91 Å². The number of methoxy groups -OCH3 is 1. The maximum Gasteiger partial charge on any atom is 0.331 e. The number of amides is 3. The van der Waals surface area contributed by atoms with E-state index in [1.807, 2.05) is 51.1 Å². The summed E-state index contributed by atoms with van der Waals surface area (Å²) in [6, 6.07) is 8.67. The van der Waals surface area contributed by atoms with Crippen LogP contribution in [0.4, 0.5) is 16.2 Å². The van der Waals surface area contributed by atoms with Crippen molar-refractivity contribution in [2.24, 2.45) is 10.4 Å². The van der Waals surface area contributed by atoms with Crippen LogP contribution in [0.1, 0.15) is 45.9 Å². The Labute approximate surface area is 194 Å².